The number of phosphoric acid groups is 1. The number of amides is 2. The van der Waals surface area contributed by atoms with E-state index >= 15 is 0 Å². The molecule has 0 rings (SSSR count). The summed E-state index contributed by atoms with van der Waals surface area (Å²) in [6.45, 7) is 6.83. The number of likely N-dealkylation sites (N-methyl/N-ethyl adjacent to an activating group) is 1. The van der Waals surface area contributed by atoms with Crippen LogP contribution in [0.5, 0.6) is 0 Å². The molecule has 0 radical (unpaired) electrons. The summed E-state index contributed by atoms with van der Waals surface area (Å²) >= 11 is 0. The minimum absolute atomic E-state index is 0.0245. The highest BCUT2D eigenvalue weighted by molar-refractivity contribution is 7.47. The number of nitrogens with one attached hydrogen (secondary N) is 1. The molecule has 306 valence electrons. The second-order valence-corrected chi connectivity index (χ2v) is 17.7. The Balaban J connectivity index is 4.23. The van der Waals surface area contributed by atoms with Crippen molar-refractivity contribution in [1.29, 1.82) is 0 Å². The molecule has 0 aromatic carbocycles. The smallest absolute Gasteiger partial charge is 0.338 e. The van der Waals surface area contributed by atoms with Crippen molar-refractivity contribution in [2.24, 2.45) is 0 Å². The molecule has 0 saturated carbocycles. The molecule has 0 heterocycles. The molecule has 0 aliphatic carbocycles. The van der Waals surface area contributed by atoms with Gasteiger partial charge in [0.2, 0.25) is 0 Å². The van der Waals surface area contributed by atoms with E-state index in [1.807, 2.05) is 21.1 Å². The fraction of sp³-hybridized carbons (Fsp3) is 0.976. The number of unbranched alkanes of at least 4 members (excludes halogenated alkanes) is 28. The highest BCUT2D eigenvalue weighted by Crippen LogP contribution is 2.42. The van der Waals surface area contributed by atoms with E-state index in [4.69, 9.17) is 9.05 Å². The molecular weight excluding hydrogens is 657 g/mol. The van der Waals surface area contributed by atoms with Gasteiger partial charge in [0.15, 0.2) is 0 Å². The van der Waals surface area contributed by atoms with Gasteiger partial charge in [0.1, 0.15) is 13.2 Å². The molecule has 0 fully saturated rings. The Bertz CT molecular complexity index is 795. The molecule has 8 nitrogen and oxygen atoms in total. The largest absolute Gasteiger partial charge is 0.472 e. The quantitative estimate of drug-likeness (QED) is 0.0370. The minimum Gasteiger partial charge on any atom is -0.338 e. The molecule has 9 heteroatoms. The number of carbonyl (C=O) groups excluding carboxylic acids is 1. The maximum absolute atomic E-state index is 13.1. The molecule has 0 saturated heterocycles. The van der Waals surface area contributed by atoms with Crippen LogP contribution in [0, 0.1) is 0 Å². The number of rotatable bonds is 40. The summed E-state index contributed by atoms with van der Waals surface area (Å²) in [7, 11) is 1.85. The van der Waals surface area contributed by atoms with E-state index in [-0.39, 0.29) is 25.8 Å². The predicted molar refractivity (Wildman–Crippen MR) is 219 cm³/mol. The molecule has 0 aliphatic heterocycles. The Morgan fingerprint density at radius 2 is 0.863 bits per heavy atom. The van der Waals surface area contributed by atoms with E-state index in [0.717, 1.165) is 25.7 Å². The molecule has 1 unspecified atom stereocenters. The third kappa shape index (κ3) is 38.9. The summed E-state index contributed by atoms with van der Waals surface area (Å²) in [5.41, 5.74) is 0. The summed E-state index contributed by atoms with van der Waals surface area (Å²) in [5, 5.41) is 3.10. The summed E-state index contributed by atoms with van der Waals surface area (Å²) in [5.74, 6) is 0. The lowest BCUT2D eigenvalue weighted by Crippen LogP contribution is -2.42. The first-order chi connectivity index (χ1) is 24.6. The predicted octanol–water partition coefficient (Wildman–Crippen LogP) is 12.6. The molecule has 51 heavy (non-hydrogen) atoms. The van der Waals surface area contributed by atoms with Crippen LogP contribution in [0.3, 0.4) is 0 Å². The maximum Gasteiger partial charge on any atom is 0.472 e. The Morgan fingerprint density at radius 3 is 1.24 bits per heavy atom. The van der Waals surface area contributed by atoms with Gasteiger partial charge in [-0.1, -0.05) is 194 Å². The van der Waals surface area contributed by atoms with Crippen molar-refractivity contribution in [3.8, 4) is 0 Å². The van der Waals surface area contributed by atoms with Crippen LogP contribution in [-0.4, -0.2) is 80.8 Å². The number of phosphoric ester groups is 1. The van der Waals surface area contributed by atoms with Crippen LogP contribution >= 0.6 is 7.82 Å². The van der Waals surface area contributed by atoms with Gasteiger partial charge in [-0.3, -0.25) is 9.05 Å². The Hall–Kier alpha value is -0.660. The van der Waals surface area contributed by atoms with Crippen molar-refractivity contribution in [3.05, 3.63) is 0 Å². The lowest BCUT2D eigenvalue weighted by Gasteiger charge is -2.25. The van der Waals surface area contributed by atoms with Crippen molar-refractivity contribution in [1.82, 2.24) is 10.2 Å². The molecule has 0 bridgehead atoms. The van der Waals surface area contributed by atoms with Gasteiger partial charge in [-0.2, -0.15) is 0 Å². The zero-order chi connectivity index (χ0) is 37.7. The molecule has 2 amide bonds. The average molecular weight is 747 g/mol. The Kier molecular flexibility index (Phi) is 35.9. The summed E-state index contributed by atoms with van der Waals surface area (Å²) < 4.78 is 23.4. The normalized spacial score (nSPS) is 13.1. The van der Waals surface area contributed by atoms with E-state index in [0.29, 0.717) is 24.1 Å². The zero-order valence-corrected chi connectivity index (χ0v) is 35.8. The standard InChI is InChI=1S/C42H88N3O5P/c1-6-8-10-12-14-16-18-20-22-23-25-27-29-31-33-35-37-44(38-40-49-51(47,48)50-41-39-45(3,4)5)42(46)43-36-34-32-30-28-26-24-21-19-17-15-13-11-9-7-2/h6-41H2,1-5H3,(H-,43,46,47,48)/p+1. The number of hydrogen-bond acceptors (Lipinski definition) is 4. The molecule has 1 atom stereocenters. The van der Waals surface area contributed by atoms with Gasteiger partial charge in [0.05, 0.1) is 27.7 Å². The monoisotopic (exact) mass is 747 g/mol. The van der Waals surface area contributed by atoms with Crippen molar-refractivity contribution in [2.45, 2.75) is 206 Å². The first-order valence-electron chi connectivity index (χ1n) is 22.1. The average Bonchev–Trinajstić information content (AvgIpc) is 3.08. The highest BCUT2D eigenvalue weighted by Gasteiger charge is 2.23. The van der Waals surface area contributed by atoms with Crippen molar-refractivity contribution < 1.29 is 27.8 Å². The van der Waals surface area contributed by atoms with Gasteiger partial charge >= 0.3 is 13.9 Å². The zero-order valence-electron chi connectivity index (χ0n) is 34.9. The minimum atomic E-state index is -4.15. The first kappa shape index (κ1) is 50.3. The van der Waals surface area contributed by atoms with Gasteiger partial charge in [0, 0.05) is 19.6 Å². The lowest BCUT2D eigenvalue weighted by atomic mass is 10.0. The number of carbonyl (C=O) groups is 1. The number of nitrogens with zero attached hydrogens (tertiary/aromatic N) is 2. The van der Waals surface area contributed by atoms with E-state index in [9.17, 15) is 14.3 Å². The topological polar surface area (TPSA) is 88.1 Å². The van der Waals surface area contributed by atoms with Crippen LogP contribution < -0.4 is 5.32 Å². The molecule has 0 aliphatic rings. The molecular formula is C42H89N3O5P+. The van der Waals surface area contributed by atoms with Gasteiger partial charge in [-0.15, -0.1) is 0 Å². The number of urea groups is 1. The van der Waals surface area contributed by atoms with Crippen LogP contribution in [0.4, 0.5) is 4.79 Å². The highest BCUT2D eigenvalue weighted by atomic mass is 31.2. The van der Waals surface area contributed by atoms with E-state index in [1.54, 1.807) is 4.90 Å². The number of quaternary nitrogens is 1. The second-order valence-electron chi connectivity index (χ2n) is 16.3. The van der Waals surface area contributed by atoms with Crippen LogP contribution in [0.15, 0.2) is 0 Å². The summed E-state index contributed by atoms with van der Waals surface area (Å²) in [6.07, 6.45) is 39.4. The van der Waals surface area contributed by atoms with Gasteiger partial charge in [-0.25, -0.2) is 9.36 Å². The van der Waals surface area contributed by atoms with E-state index in [1.165, 1.54) is 167 Å². The van der Waals surface area contributed by atoms with Gasteiger partial charge < -0.3 is 19.6 Å². The Morgan fingerprint density at radius 1 is 0.529 bits per heavy atom. The van der Waals surface area contributed by atoms with Crippen LogP contribution in [0.25, 0.3) is 0 Å². The van der Waals surface area contributed by atoms with Crippen LogP contribution in [-0.2, 0) is 13.6 Å². The molecule has 0 spiro atoms. The van der Waals surface area contributed by atoms with Gasteiger partial charge in [-0.05, 0) is 12.8 Å². The van der Waals surface area contributed by atoms with E-state index < -0.39 is 7.82 Å². The molecule has 0 aromatic heterocycles. The fourth-order valence-corrected chi connectivity index (χ4v) is 7.23. The van der Waals surface area contributed by atoms with Crippen molar-refractivity contribution in [2.75, 3.05) is 60.5 Å². The molecule has 0 aromatic rings. The van der Waals surface area contributed by atoms with Crippen molar-refractivity contribution >= 4 is 13.9 Å². The third-order valence-electron chi connectivity index (χ3n) is 10.0. The first-order valence-corrected chi connectivity index (χ1v) is 23.6. The van der Waals surface area contributed by atoms with E-state index in [2.05, 4.69) is 19.2 Å². The third-order valence-corrected chi connectivity index (χ3v) is 11.0. The Labute approximate surface area is 318 Å². The number of hydrogen-bond donors (Lipinski definition) is 2. The summed E-state index contributed by atoms with van der Waals surface area (Å²) in [4.78, 5) is 25.0. The summed E-state index contributed by atoms with van der Waals surface area (Å²) in [6, 6.07) is -0.104. The van der Waals surface area contributed by atoms with Crippen LogP contribution in [0.2, 0.25) is 0 Å². The fourth-order valence-electron chi connectivity index (χ4n) is 6.53. The second kappa shape index (κ2) is 36.3. The lowest BCUT2D eigenvalue weighted by molar-refractivity contribution is -0.870. The van der Waals surface area contributed by atoms with Crippen LogP contribution in [0.1, 0.15) is 206 Å². The van der Waals surface area contributed by atoms with Crippen molar-refractivity contribution in [3.63, 3.8) is 0 Å². The molecule has 2 N–H and O–H groups in total. The SMILES string of the molecule is CCCCCCCCCCCCCCCCCCN(CCOP(=O)(O)OCC[N+](C)(C)C)C(=O)NCCCCCCCCCCCCCCCC. The maximum atomic E-state index is 13.1. The van der Waals surface area contributed by atoms with Gasteiger partial charge in [0.25, 0.3) is 0 Å².